The molecule has 0 saturated heterocycles. The van der Waals surface area contributed by atoms with Crippen LogP contribution < -0.4 is 0 Å². The van der Waals surface area contributed by atoms with Gasteiger partial charge < -0.3 is 9.64 Å². The zero-order valence-corrected chi connectivity index (χ0v) is 15.5. The zero-order valence-electron chi connectivity index (χ0n) is 15.5. The highest BCUT2D eigenvalue weighted by molar-refractivity contribution is 6.11. The zero-order chi connectivity index (χ0) is 19.6. The van der Waals surface area contributed by atoms with Crippen LogP contribution in [-0.4, -0.2) is 47.1 Å². The van der Waals surface area contributed by atoms with Crippen LogP contribution in [0.4, 0.5) is 0 Å². The molecule has 0 saturated carbocycles. The number of nitriles is 1. The van der Waals surface area contributed by atoms with Crippen LogP contribution in [0, 0.1) is 11.3 Å². The maximum Gasteiger partial charge on any atom is 0.359 e. The molecule has 7 nitrogen and oxygen atoms in total. The van der Waals surface area contributed by atoms with Gasteiger partial charge in [-0.15, -0.1) is 0 Å². The number of hydrogen-bond acceptors (Lipinski definition) is 6. The minimum atomic E-state index is -0.533. The van der Waals surface area contributed by atoms with E-state index in [-0.39, 0.29) is 18.1 Å². The lowest BCUT2D eigenvalue weighted by Crippen LogP contribution is -2.20. The Morgan fingerprint density at radius 2 is 2.04 bits per heavy atom. The number of nitrogens with zero attached hydrogens (tertiary/aromatic N) is 4. The van der Waals surface area contributed by atoms with E-state index in [1.807, 2.05) is 19.0 Å². The molecule has 0 N–H and O–H groups in total. The Kier molecular flexibility index (Phi) is 5.08. The van der Waals surface area contributed by atoms with Crippen molar-refractivity contribution in [2.75, 3.05) is 20.7 Å². The number of rotatable bonds is 4. The molecule has 138 valence electrons. The normalized spacial score (nSPS) is 14.6. The fraction of sp³-hybridized carbons (Fsp3) is 0.300. The van der Waals surface area contributed by atoms with Crippen LogP contribution in [0.1, 0.15) is 45.4 Å². The highest BCUT2D eigenvalue weighted by atomic mass is 16.5. The second-order valence-corrected chi connectivity index (χ2v) is 6.41. The molecule has 3 rings (SSSR count). The van der Waals surface area contributed by atoms with E-state index in [1.165, 1.54) is 4.68 Å². The molecule has 1 aliphatic carbocycles. The van der Waals surface area contributed by atoms with Gasteiger partial charge in [-0.25, -0.2) is 9.48 Å². The molecule has 0 radical (unpaired) electrons. The third kappa shape index (κ3) is 3.47. The van der Waals surface area contributed by atoms with E-state index < -0.39 is 5.97 Å². The molecule has 7 heteroatoms. The minimum Gasteiger partial charge on any atom is -0.461 e. The number of Topliss-reactive ketones (excluding diaryl/α,β-unsaturated/α-hetero) is 1. The van der Waals surface area contributed by atoms with Gasteiger partial charge >= 0.3 is 5.97 Å². The van der Waals surface area contributed by atoms with Crippen molar-refractivity contribution < 1.29 is 14.3 Å². The molecule has 0 atom stereocenters. The molecule has 0 bridgehead atoms. The van der Waals surface area contributed by atoms with E-state index in [9.17, 15) is 9.59 Å². The Labute approximate surface area is 157 Å². The second-order valence-electron chi connectivity index (χ2n) is 6.41. The first-order chi connectivity index (χ1) is 13.0. The van der Waals surface area contributed by atoms with Gasteiger partial charge in [0.1, 0.15) is 5.69 Å². The third-order valence-electron chi connectivity index (χ3n) is 4.26. The second kappa shape index (κ2) is 7.46. The van der Waals surface area contributed by atoms with Crippen LogP contribution in [-0.2, 0) is 11.2 Å². The number of hydrogen-bond donors (Lipinski definition) is 0. The van der Waals surface area contributed by atoms with Crippen molar-refractivity contribution >= 4 is 11.8 Å². The van der Waals surface area contributed by atoms with Crippen LogP contribution in [0.3, 0.4) is 0 Å². The first kappa shape index (κ1) is 18.4. The van der Waals surface area contributed by atoms with Gasteiger partial charge in [-0.1, -0.05) is 0 Å². The standard InChI is InChI=1S/C20H20N4O3/c1-4-27-20(26)17-16-10-7-14(12-23(2)3)19(25)18(16)24(22-17)15-8-5-13(11-21)6-9-15/h5-6,8-9,12H,4,7,10H2,1-3H3/b14-12-. The Hall–Kier alpha value is -3.40. The number of carbonyl (C=O) groups excluding carboxylic acids is 2. The van der Waals surface area contributed by atoms with E-state index in [1.54, 1.807) is 37.4 Å². The van der Waals surface area contributed by atoms with E-state index >= 15 is 0 Å². The highest BCUT2D eigenvalue weighted by Crippen LogP contribution is 2.30. The molecule has 1 heterocycles. The van der Waals surface area contributed by atoms with Crippen molar-refractivity contribution in [1.82, 2.24) is 14.7 Å². The molecule has 1 aliphatic rings. The van der Waals surface area contributed by atoms with Gasteiger partial charge in [0, 0.05) is 31.4 Å². The number of ketones is 1. The predicted octanol–water partition coefficient (Wildman–Crippen LogP) is 2.50. The fourth-order valence-corrected chi connectivity index (χ4v) is 3.11. The topological polar surface area (TPSA) is 88.2 Å². The molecule has 0 unspecified atom stereocenters. The summed E-state index contributed by atoms with van der Waals surface area (Å²) < 4.78 is 6.59. The van der Waals surface area contributed by atoms with Crippen LogP contribution in [0.5, 0.6) is 0 Å². The number of aromatic nitrogens is 2. The van der Waals surface area contributed by atoms with Gasteiger partial charge in [-0.3, -0.25) is 4.79 Å². The summed E-state index contributed by atoms with van der Waals surface area (Å²) in [5.41, 5.74) is 2.94. The summed E-state index contributed by atoms with van der Waals surface area (Å²) in [5.74, 6) is -0.689. The van der Waals surface area contributed by atoms with Gasteiger partial charge in [-0.2, -0.15) is 10.4 Å². The molecule has 0 fully saturated rings. The highest BCUT2D eigenvalue weighted by Gasteiger charge is 2.33. The van der Waals surface area contributed by atoms with Gasteiger partial charge in [0.05, 0.1) is 23.9 Å². The number of fused-ring (bicyclic) bond motifs is 1. The Morgan fingerprint density at radius 3 is 2.63 bits per heavy atom. The Morgan fingerprint density at radius 1 is 1.33 bits per heavy atom. The molecule has 0 spiro atoms. The molecule has 0 aliphatic heterocycles. The van der Waals surface area contributed by atoms with Crippen molar-refractivity contribution in [3.8, 4) is 11.8 Å². The lowest BCUT2D eigenvalue weighted by atomic mass is 9.90. The third-order valence-corrected chi connectivity index (χ3v) is 4.26. The summed E-state index contributed by atoms with van der Waals surface area (Å²) in [6.07, 6.45) is 2.87. The quantitative estimate of drug-likeness (QED) is 0.612. The van der Waals surface area contributed by atoms with E-state index in [0.29, 0.717) is 40.9 Å². The Bertz CT molecular complexity index is 962. The Balaban J connectivity index is 2.17. The fourth-order valence-electron chi connectivity index (χ4n) is 3.11. The summed E-state index contributed by atoms with van der Waals surface area (Å²) >= 11 is 0. The number of carbonyl (C=O) groups is 2. The van der Waals surface area contributed by atoms with Crippen LogP contribution in [0.2, 0.25) is 0 Å². The molecular formula is C20H20N4O3. The molecular weight excluding hydrogens is 344 g/mol. The van der Waals surface area contributed by atoms with E-state index in [4.69, 9.17) is 10.00 Å². The molecule has 27 heavy (non-hydrogen) atoms. The van der Waals surface area contributed by atoms with Gasteiger partial charge in [0.25, 0.3) is 0 Å². The number of ether oxygens (including phenoxy) is 1. The number of esters is 1. The lowest BCUT2D eigenvalue weighted by molar-refractivity contribution is 0.0517. The van der Waals surface area contributed by atoms with Crippen molar-refractivity contribution in [1.29, 1.82) is 5.26 Å². The SMILES string of the molecule is CCOC(=O)c1nn(-c2ccc(C#N)cc2)c2c1CC/C(=C/N(C)C)C2=O. The average Bonchev–Trinajstić information content (AvgIpc) is 3.04. The largest absolute Gasteiger partial charge is 0.461 e. The maximum atomic E-state index is 13.1. The summed E-state index contributed by atoms with van der Waals surface area (Å²) in [6, 6.07) is 8.77. The first-order valence-electron chi connectivity index (χ1n) is 8.67. The molecule has 2 aromatic rings. The van der Waals surface area contributed by atoms with Crippen molar-refractivity contribution in [3.63, 3.8) is 0 Å². The summed E-state index contributed by atoms with van der Waals surface area (Å²) in [5, 5.41) is 13.4. The first-order valence-corrected chi connectivity index (χ1v) is 8.67. The van der Waals surface area contributed by atoms with Crippen LogP contribution in [0.15, 0.2) is 36.0 Å². The summed E-state index contributed by atoms with van der Waals surface area (Å²) in [7, 11) is 3.72. The average molecular weight is 364 g/mol. The maximum absolute atomic E-state index is 13.1. The molecule has 1 aromatic carbocycles. The summed E-state index contributed by atoms with van der Waals surface area (Å²) in [4.78, 5) is 27.3. The van der Waals surface area contributed by atoms with Gasteiger partial charge in [-0.05, 0) is 44.0 Å². The van der Waals surface area contributed by atoms with Crippen molar-refractivity contribution in [2.24, 2.45) is 0 Å². The minimum absolute atomic E-state index is 0.155. The monoisotopic (exact) mass is 364 g/mol. The van der Waals surface area contributed by atoms with Crippen molar-refractivity contribution in [2.45, 2.75) is 19.8 Å². The predicted molar refractivity (Wildman–Crippen MR) is 98.7 cm³/mol. The molecule has 0 amide bonds. The summed E-state index contributed by atoms with van der Waals surface area (Å²) in [6.45, 7) is 1.96. The smallest absolute Gasteiger partial charge is 0.359 e. The van der Waals surface area contributed by atoms with Crippen molar-refractivity contribution in [3.05, 3.63) is 58.6 Å². The number of allylic oxidation sites excluding steroid dienone is 1. The molecule has 1 aromatic heterocycles. The van der Waals surface area contributed by atoms with Gasteiger partial charge in [0.2, 0.25) is 5.78 Å². The van der Waals surface area contributed by atoms with E-state index in [0.717, 1.165) is 0 Å². The van der Waals surface area contributed by atoms with Crippen LogP contribution in [0.25, 0.3) is 5.69 Å². The van der Waals surface area contributed by atoms with Crippen LogP contribution >= 0.6 is 0 Å². The lowest BCUT2D eigenvalue weighted by Gasteiger charge is -2.18. The number of benzene rings is 1. The van der Waals surface area contributed by atoms with E-state index in [2.05, 4.69) is 11.2 Å². The van der Waals surface area contributed by atoms with Gasteiger partial charge in [0.15, 0.2) is 5.69 Å².